The van der Waals surface area contributed by atoms with Crippen LogP contribution in [-0.2, 0) is 0 Å². The molecule has 2 aromatic rings. The fourth-order valence-electron chi connectivity index (χ4n) is 7.87. The predicted molar refractivity (Wildman–Crippen MR) is 128 cm³/mol. The van der Waals surface area contributed by atoms with E-state index < -0.39 is 5.91 Å². The highest BCUT2D eigenvalue weighted by atomic mass is 16.2. The largest absolute Gasteiger partial charge is 0.302 e. The number of carbonyl (C=O) groups is 1. The van der Waals surface area contributed by atoms with Gasteiger partial charge in [-0.25, -0.2) is 10.8 Å². The van der Waals surface area contributed by atoms with E-state index >= 15 is 0 Å². The maximum Gasteiger partial charge on any atom is 0.289 e. The molecule has 6 rings (SSSR count). The minimum absolute atomic E-state index is 0.0874. The number of nitrogens with zero attached hydrogens (tertiary/aromatic N) is 3. The molecular formula is C26H35N5O2. The maximum atomic E-state index is 13.5. The summed E-state index contributed by atoms with van der Waals surface area (Å²) in [6.07, 6.45) is 14.1. The molecule has 7 heteroatoms. The number of piperidine rings is 2. The van der Waals surface area contributed by atoms with Crippen molar-refractivity contribution in [2.24, 2.45) is 17.7 Å². The summed E-state index contributed by atoms with van der Waals surface area (Å²) < 4.78 is 1.87. The third-order valence-corrected chi connectivity index (χ3v) is 9.04. The van der Waals surface area contributed by atoms with Crippen LogP contribution in [0.3, 0.4) is 0 Å². The highest BCUT2D eigenvalue weighted by Gasteiger charge is 2.45. The van der Waals surface area contributed by atoms with E-state index in [1.165, 1.54) is 57.8 Å². The van der Waals surface area contributed by atoms with E-state index in [0.717, 1.165) is 36.2 Å². The van der Waals surface area contributed by atoms with Crippen LogP contribution in [0.5, 0.6) is 0 Å². The van der Waals surface area contributed by atoms with Gasteiger partial charge in [0.15, 0.2) is 5.69 Å². The van der Waals surface area contributed by atoms with Gasteiger partial charge in [0.1, 0.15) is 0 Å². The number of nitrogens with two attached hydrogens (primary N) is 1. The van der Waals surface area contributed by atoms with Crippen LogP contribution >= 0.6 is 0 Å². The second-order valence-electron chi connectivity index (χ2n) is 10.9. The number of nitrogens with one attached hydrogen (secondary N) is 1. The fraction of sp³-hybridized carbons (Fsp3) is 0.654. The van der Waals surface area contributed by atoms with Crippen LogP contribution in [0, 0.1) is 11.8 Å². The van der Waals surface area contributed by atoms with E-state index in [1.807, 2.05) is 28.8 Å². The number of benzene rings is 1. The van der Waals surface area contributed by atoms with Crippen molar-refractivity contribution < 1.29 is 4.79 Å². The van der Waals surface area contributed by atoms with E-state index in [-0.39, 0.29) is 17.3 Å². The number of fused-ring (bicyclic) bond motifs is 5. The molecule has 1 aromatic carbocycles. The smallest absolute Gasteiger partial charge is 0.289 e. The molecule has 176 valence electrons. The molecular weight excluding hydrogens is 414 g/mol. The molecule has 1 aromatic heterocycles. The Balaban J connectivity index is 1.35. The van der Waals surface area contributed by atoms with Crippen molar-refractivity contribution >= 4 is 16.9 Å². The van der Waals surface area contributed by atoms with Gasteiger partial charge in [-0.1, -0.05) is 37.8 Å². The van der Waals surface area contributed by atoms with Crippen molar-refractivity contribution in [3.05, 3.63) is 40.3 Å². The molecule has 0 unspecified atom stereocenters. The van der Waals surface area contributed by atoms with Gasteiger partial charge in [-0.2, -0.15) is 0 Å². The number of carbonyl (C=O) groups excluding carboxylic acids is 1. The topological polar surface area (TPSA) is 93.2 Å². The third-order valence-electron chi connectivity index (χ3n) is 9.04. The van der Waals surface area contributed by atoms with Gasteiger partial charge in [0.25, 0.3) is 11.5 Å². The van der Waals surface area contributed by atoms with Gasteiger partial charge in [0, 0.05) is 24.2 Å². The summed E-state index contributed by atoms with van der Waals surface area (Å²) in [5.41, 5.74) is 3.17. The summed E-state index contributed by atoms with van der Waals surface area (Å²) >= 11 is 0. The van der Waals surface area contributed by atoms with Crippen LogP contribution in [0.1, 0.15) is 87.2 Å². The fourth-order valence-corrected chi connectivity index (χ4v) is 7.87. The van der Waals surface area contributed by atoms with Gasteiger partial charge in [0.2, 0.25) is 0 Å². The quantitative estimate of drug-likeness (QED) is 0.425. The van der Waals surface area contributed by atoms with Gasteiger partial charge in [-0.3, -0.25) is 19.9 Å². The van der Waals surface area contributed by atoms with Gasteiger partial charge in [-0.15, -0.1) is 0 Å². The lowest BCUT2D eigenvalue weighted by Crippen LogP contribution is -2.58. The van der Waals surface area contributed by atoms with Gasteiger partial charge < -0.3 is 4.57 Å². The van der Waals surface area contributed by atoms with Gasteiger partial charge in [-0.05, 0) is 68.9 Å². The highest BCUT2D eigenvalue weighted by molar-refractivity contribution is 5.93. The van der Waals surface area contributed by atoms with Crippen molar-refractivity contribution in [1.82, 2.24) is 19.9 Å². The Morgan fingerprint density at radius 2 is 1.55 bits per heavy atom. The zero-order chi connectivity index (χ0) is 22.5. The first kappa shape index (κ1) is 21.3. The Labute approximate surface area is 194 Å². The zero-order valence-corrected chi connectivity index (χ0v) is 19.3. The summed E-state index contributed by atoms with van der Waals surface area (Å²) in [6.45, 7) is 0. The van der Waals surface area contributed by atoms with Crippen LogP contribution in [0.15, 0.2) is 29.1 Å². The molecule has 6 atom stereocenters. The molecule has 2 aliphatic carbocycles. The Morgan fingerprint density at radius 1 is 0.879 bits per heavy atom. The van der Waals surface area contributed by atoms with E-state index in [0.29, 0.717) is 17.6 Å². The molecule has 0 radical (unpaired) electrons. The predicted octanol–water partition coefficient (Wildman–Crippen LogP) is 3.53. The Morgan fingerprint density at radius 3 is 2.24 bits per heavy atom. The van der Waals surface area contributed by atoms with Gasteiger partial charge in [0.05, 0.1) is 11.0 Å². The Kier molecular flexibility index (Phi) is 5.49. The summed E-state index contributed by atoms with van der Waals surface area (Å²) in [5, 5.41) is 0. The molecule has 3 N–H and O–H groups in total. The molecule has 1 amide bonds. The zero-order valence-electron chi connectivity index (χ0n) is 19.3. The molecule has 2 aliphatic heterocycles. The molecule has 3 heterocycles. The first-order chi connectivity index (χ1) is 16.1. The summed E-state index contributed by atoms with van der Waals surface area (Å²) in [7, 11) is 0. The molecule has 4 aliphatic rings. The number of para-hydroxylation sites is 2. The standard InChI is InChI=1S/C26H35N5O2/c27-29-25(32)24-26(33)31(23-10-2-1-9-22(23)28-24)21-14-18-7-4-8-19(15-21)30(18)20-12-16-5-3-6-17(11-16)13-20/h1-2,9-10,16-21H,3-8,11-15,27H2,(H,29,32)/t16-,17+,18-,19+,20+,21+. The first-order valence-electron chi connectivity index (χ1n) is 12.9. The second kappa shape index (κ2) is 8.51. The number of rotatable bonds is 3. The minimum Gasteiger partial charge on any atom is -0.302 e. The number of aromatic nitrogens is 2. The minimum atomic E-state index is -0.620. The molecule has 4 bridgehead atoms. The average molecular weight is 450 g/mol. The highest BCUT2D eigenvalue weighted by Crippen LogP contribution is 2.47. The van der Waals surface area contributed by atoms with Crippen molar-refractivity contribution in [1.29, 1.82) is 0 Å². The number of hydrogen-bond acceptors (Lipinski definition) is 5. The van der Waals surface area contributed by atoms with Crippen LogP contribution in [-0.4, -0.2) is 38.5 Å². The number of nitrogen functional groups attached to an aromatic ring is 1. The second-order valence-corrected chi connectivity index (χ2v) is 10.9. The lowest BCUT2D eigenvalue weighted by molar-refractivity contribution is -0.0486. The lowest BCUT2D eigenvalue weighted by Gasteiger charge is -2.55. The maximum absolute atomic E-state index is 13.5. The van der Waals surface area contributed by atoms with Crippen molar-refractivity contribution in [3.63, 3.8) is 0 Å². The van der Waals surface area contributed by atoms with Crippen molar-refractivity contribution in [2.75, 3.05) is 0 Å². The monoisotopic (exact) mass is 449 g/mol. The average Bonchev–Trinajstić information content (AvgIpc) is 2.82. The van der Waals surface area contributed by atoms with Crippen LogP contribution in [0.4, 0.5) is 0 Å². The van der Waals surface area contributed by atoms with Crippen LogP contribution in [0.2, 0.25) is 0 Å². The lowest BCUT2D eigenvalue weighted by atomic mass is 9.68. The Bertz CT molecular complexity index is 1090. The molecule has 33 heavy (non-hydrogen) atoms. The van der Waals surface area contributed by atoms with E-state index in [4.69, 9.17) is 5.84 Å². The normalized spacial score (nSPS) is 34.2. The molecule has 0 spiro atoms. The number of hydrogen-bond donors (Lipinski definition) is 2. The SMILES string of the molecule is NNC(=O)c1nc2ccccc2n([C@H]2C[C@H]3CCC[C@@H](C2)N3[C@H]2C[C@@H]3CCC[C@@H](C3)C2)c1=O. The summed E-state index contributed by atoms with van der Waals surface area (Å²) in [6, 6.07) is 9.52. The van der Waals surface area contributed by atoms with E-state index in [9.17, 15) is 9.59 Å². The molecule has 7 nitrogen and oxygen atoms in total. The van der Waals surface area contributed by atoms with E-state index in [2.05, 4.69) is 15.3 Å². The molecule has 2 saturated carbocycles. The molecule has 2 saturated heterocycles. The van der Waals surface area contributed by atoms with E-state index in [1.54, 1.807) is 0 Å². The van der Waals surface area contributed by atoms with Crippen LogP contribution in [0.25, 0.3) is 11.0 Å². The summed E-state index contributed by atoms with van der Waals surface area (Å²) in [5.74, 6) is 6.59. The Hall–Kier alpha value is -2.25. The summed E-state index contributed by atoms with van der Waals surface area (Å²) in [4.78, 5) is 33.1. The third kappa shape index (κ3) is 3.69. The van der Waals surface area contributed by atoms with Crippen molar-refractivity contribution in [3.8, 4) is 0 Å². The van der Waals surface area contributed by atoms with Crippen LogP contribution < -0.4 is 16.8 Å². The number of hydrazine groups is 1. The van der Waals surface area contributed by atoms with Gasteiger partial charge >= 0.3 is 0 Å². The van der Waals surface area contributed by atoms with Crippen molar-refractivity contribution in [2.45, 2.75) is 94.8 Å². The molecule has 4 fully saturated rings. The number of amides is 1. The first-order valence-corrected chi connectivity index (χ1v) is 12.9.